The predicted octanol–water partition coefficient (Wildman–Crippen LogP) is 6.65. The largest absolute Gasteiger partial charge is 0.416 e. The lowest BCUT2D eigenvalue weighted by molar-refractivity contribution is -0.139. The molecule has 0 aromatic heterocycles. The molecular weight excluding hydrogens is 527 g/mol. The third kappa shape index (κ3) is 6.63. The molecule has 1 unspecified atom stereocenters. The highest BCUT2D eigenvalue weighted by Gasteiger charge is 2.39. The van der Waals surface area contributed by atoms with E-state index < -0.39 is 17.7 Å². The Balaban J connectivity index is 1.28. The fourth-order valence-electron chi connectivity index (χ4n) is 6.74. The van der Waals surface area contributed by atoms with Crippen molar-refractivity contribution in [2.45, 2.75) is 83.5 Å². The Labute approximate surface area is 241 Å². The van der Waals surface area contributed by atoms with Gasteiger partial charge in [0, 0.05) is 55.8 Å². The van der Waals surface area contributed by atoms with Crippen molar-refractivity contribution in [3.63, 3.8) is 0 Å². The molecule has 1 saturated carbocycles. The fraction of sp³-hybridized carbons (Fsp3) is 0.576. The molecule has 2 saturated heterocycles. The number of carbonyl (C=O) groups is 2. The van der Waals surface area contributed by atoms with Gasteiger partial charge in [0.2, 0.25) is 5.91 Å². The highest BCUT2D eigenvalue weighted by molar-refractivity contribution is 5.94. The number of benzene rings is 2. The number of hydrogen-bond acceptors (Lipinski definition) is 3. The molecule has 5 rings (SSSR count). The van der Waals surface area contributed by atoms with E-state index in [0.29, 0.717) is 42.7 Å². The first-order chi connectivity index (χ1) is 19.4. The topological polar surface area (TPSA) is 43.9 Å². The molecule has 41 heavy (non-hydrogen) atoms. The second-order valence-electron chi connectivity index (χ2n) is 12.9. The molecular formula is C33H42F3N3O2. The lowest BCUT2D eigenvalue weighted by Gasteiger charge is -2.42. The van der Waals surface area contributed by atoms with Gasteiger partial charge in [0.1, 0.15) is 0 Å². The summed E-state index contributed by atoms with van der Waals surface area (Å²) in [5.41, 5.74) is 1.15. The van der Waals surface area contributed by atoms with Gasteiger partial charge in [-0.1, -0.05) is 43.5 Å². The van der Waals surface area contributed by atoms with Crippen molar-refractivity contribution in [1.29, 1.82) is 0 Å². The van der Waals surface area contributed by atoms with Gasteiger partial charge in [-0.3, -0.25) is 14.5 Å². The van der Waals surface area contributed by atoms with Crippen LogP contribution in [-0.4, -0.2) is 70.8 Å². The average molecular weight is 570 g/mol. The fourth-order valence-corrected chi connectivity index (χ4v) is 6.74. The maximum atomic E-state index is 14.2. The molecule has 0 spiro atoms. The summed E-state index contributed by atoms with van der Waals surface area (Å²) in [6, 6.07) is 11.5. The summed E-state index contributed by atoms with van der Waals surface area (Å²) in [5.74, 6) is -0.450. The number of hydrogen-bond donors (Lipinski definition) is 0. The Kier molecular flexibility index (Phi) is 8.51. The molecule has 2 amide bonds. The van der Waals surface area contributed by atoms with Crippen molar-refractivity contribution in [3.05, 3.63) is 59.2 Å². The van der Waals surface area contributed by atoms with Crippen molar-refractivity contribution in [2.24, 2.45) is 5.92 Å². The maximum absolute atomic E-state index is 14.2. The van der Waals surface area contributed by atoms with Gasteiger partial charge in [0.15, 0.2) is 0 Å². The first-order valence-electron chi connectivity index (χ1n) is 15.1. The summed E-state index contributed by atoms with van der Waals surface area (Å²) in [6.07, 6.45) is 1.60. The van der Waals surface area contributed by atoms with Gasteiger partial charge >= 0.3 is 6.18 Å². The second-order valence-corrected chi connectivity index (χ2v) is 12.9. The van der Waals surface area contributed by atoms with Gasteiger partial charge in [0.05, 0.1) is 5.56 Å². The molecule has 2 aromatic carbocycles. The van der Waals surface area contributed by atoms with Gasteiger partial charge in [-0.2, -0.15) is 13.2 Å². The molecule has 1 atom stereocenters. The van der Waals surface area contributed by atoms with Gasteiger partial charge in [-0.25, -0.2) is 0 Å². The SMILES string of the molecule is CC(C)(C)N1CCN(C(=O)c2ccc(-c3ccc(CC4CCN(C5CCCCC5)C4=O)c(C(F)(F)F)c3)cc2)CC1. The number of nitrogens with zero attached hydrogens (tertiary/aromatic N) is 3. The van der Waals surface area contributed by atoms with Crippen molar-refractivity contribution >= 4 is 11.8 Å². The van der Waals surface area contributed by atoms with Crippen LogP contribution in [0.5, 0.6) is 0 Å². The Bertz CT molecular complexity index is 1240. The predicted molar refractivity (Wildman–Crippen MR) is 155 cm³/mol. The van der Waals surface area contributed by atoms with E-state index in [1.54, 1.807) is 30.3 Å². The molecule has 3 fully saturated rings. The van der Waals surface area contributed by atoms with Crippen LogP contribution in [0.15, 0.2) is 42.5 Å². The van der Waals surface area contributed by atoms with E-state index in [2.05, 4.69) is 25.7 Å². The highest BCUT2D eigenvalue weighted by Crippen LogP contribution is 2.38. The van der Waals surface area contributed by atoms with Crippen molar-refractivity contribution in [1.82, 2.24) is 14.7 Å². The van der Waals surface area contributed by atoms with Crippen LogP contribution < -0.4 is 0 Å². The van der Waals surface area contributed by atoms with Gasteiger partial charge < -0.3 is 9.80 Å². The Morgan fingerprint density at radius 2 is 1.46 bits per heavy atom. The van der Waals surface area contributed by atoms with Crippen LogP contribution in [0.25, 0.3) is 11.1 Å². The van der Waals surface area contributed by atoms with Gasteiger partial charge in [-0.05, 0) is 81.3 Å². The van der Waals surface area contributed by atoms with Crippen LogP contribution >= 0.6 is 0 Å². The normalized spacial score (nSPS) is 21.5. The van der Waals surface area contributed by atoms with E-state index in [4.69, 9.17) is 0 Å². The molecule has 3 aliphatic rings. The summed E-state index contributed by atoms with van der Waals surface area (Å²) >= 11 is 0. The number of amides is 2. The van der Waals surface area contributed by atoms with Crippen LogP contribution in [0, 0.1) is 5.92 Å². The number of alkyl halides is 3. The van der Waals surface area contributed by atoms with Gasteiger partial charge in [0.25, 0.3) is 5.91 Å². The van der Waals surface area contributed by atoms with E-state index >= 15 is 0 Å². The van der Waals surface area contributed by atoms with E-state index in [-0.39, 0.29) is 35.4 Å². The minimum Gasteiger partial charge on any atom is -0.339 e. The summed E-state index contributed by atoms with van der Waals surface area (Å²) in [5, 5.41) is 0. The van der Waals surface area contributed by atoms with Crippen LogP contribution in [0.2, 0.25) is 0 Å². The quantitative estimate of drug-likeness (QED) is 0.405. The van der Waals surface area contributed by atoms with E-state index in [1.165, 1.54) is 18.6 Å². The molecule has 0 radical (unpaired) electrons. The van der Waals surface area contributed by atoms with E-state index in [1.807, 2.05) is 9.80 Å². The maximum Gasteiger partial charge on any atom is 0.416 e. The number of carbonyl (C=O) groups excluding carboxylic acids is 2. The van der Waals surface area contributed by atoms with E-state index in [9.17, 15) is 22.8 Å². The van der Waals surface area contributed by atoms with E-state index in [0.717, 1.165) is 38.8 Å². The minimum absolute atomic E-state index is 0.00850. The average Bonchev–Trinajstić information content (AvgIpc) is 3.32. The summed E-state index contributed by atoms with van der Waals surface area (Å²) in [4.78, 5) is 32.3. The van der Waals surface area contributed by atoms with Crippen molar-refractivity contribution < 1.29 is 22.8 Å². The molecule has 2 aliphatic heterocycles. The molecule has 222 valence electrons. The molecule has 0 N–H and O–H groups in total. The zero-order valence-electron chi connectivity index (χ0n) is 24.5. The van der Waals surface area contributed by atoms with Crippen molar-refractivity contribution in [2.75, 3.05) is 32.7 Å². The lowest BCUT2D eigenvalue weighted by Crippen LogP contribution is -2.54. The summed E-state index contributed by atoms with van der Waals surface area (Å²) in [6.45, 7) is 10.1. The minimum atomic E-state index is -4.53. The Morgan fingerprint density at radius 3 is 2.07 bits per heavy atom. The molecule has 2 heterocycles. The van der Waals surface area contributed by atoms with Crippen molar-refractivity contribution in [3.8, 4) is 11.1 Å². The lowest BCUT2D eigenvalue weighted by atomic mass is 9.91. The standard InChI is InChI=1S/C33H42F3N3O2/c1-32(2,3)38-19-17-37(18-20-38)30(40)24-11-9-23(10-12-24)25-13-14-26(29(22-25)33(34,35)36)21-27-15-16-39(31(27)41)28-7-5-4-6-8-28/h9-14,22,27-28H,4-8,15-21H2,1-3H3. The summed E-state index contributed by atoms with van der Waals surface area (Å²) in [7, 11) is 0. The van der Waals surface area contributed by atoms with Crippen LogP contribution in [-0.2, 0) is 17.4 Å². The molecule has 1 aliphatic carbocycles. The molecule has 8 heteroatoms. The first-order valence-corrected chi connectivity index (χ1v) is 15.1. The van der Waals surface area contributed by atoms with Gasteiger partial charge in [-0.15, -0.1) is 0 Å². The Hall–Kier alpha value is -2.87. The van der Waals surface area contributed by atoms with Crippen LogP contribution in [0.1, 0.15) is 80.8 Å². The Morgan fingerprint density at radius 1 is 0.829 bits per heavy atom. The molecule has 0 bridgehead atoms. The smallest absolute Gasteiger partial charge is 0.339 e. The second kappa shape index (κ2) is 11.8. The first kappa shape index (κ1) is 29.6. The zero-order chi connectivity index (χ0) is 29.4. The number of piperazine rings is 1. The zero-order valence-corrected chi connectivity index (χ0v) is 24.5. The summed E-state index contributed by atoms with van der Waals surface area (Å²) < 4.78 is 42.6. The third-order valence-electron chi connectivity index (χ3n) is 9.23. The van der Waals surface area contributed by atoms with Crippen LogP contribution in [0.4, 0.5) is 13.2 Å². The number of halogens is 3. The molecule has 2 aromatic rings. The highest BCUT2D eigenvalue weighted by atomic mass is 19.4. The number of rotatable bonds is 5. The number of likely N-dealkylation sites (tertiary alicyclic amines) is 1. The molecule has 5 nitrogen and oxygen atoms in total. The monoisotopic (exact) mass is 569 g/mol. The third-order valence-corrected chi connectivity index (χ3v) is 9.23. The van der Waals surface area contributed by atoms with Crippen LogP contribution in [0.3, 0.4) is 0 Å².